The zero-order valence-corrected chi connectivity index (χ0v) is 7.59. The Labute approximate surface area is 70.5 Å². The van der Waals surface area contributed by atoms with Gasteiger partial charge in [-0.25, -0.2) is 0 Å². The second kappa shape index (κ2) is 2.95. The van der Waals surface area contributed by atoms with Crippen molar-refractivity contribution in [2.24, 2.45) is 5.73 Å². The van der Waals surface area contributed by atoms with Crippen LogP contribution in [0.4, 0.5) is 0 Å². The number of nitrogens with two attached hydrogens (primary N) is 1. The lowest BCUT2D eigenvalue weighted by Crippen LogP contribution is -2.34. The highest BCUT2D eigenvalue weighted by atomic mass is 32.2. The van der Waals surface area contributed by atoms with Gasteiger partial charge < -0.3 is 5.73 Å². The quantitative estimate of drug-likeness (QED) is 0.601. The molecule has 0 radical (unpaired) electrons. The average Bonchev–Trinajstić information content (AvgIpc) is 2.34. The highest BCUT2D eigenvalue weighted by molar-refractivity contribution is 8.07. The van der Waals surface area contributed by atoms with Gasteiger partial charge in [0.1, 0.15) is 0 Å². The summed E-state index contributed by atoms with van der Waals surface area (Å²) < 4.78 is 0. The molecule has 2 rings (SSSR count). The Kier molecular flexibility index (Phi) is 2.16. The lowest BCUT2D eigenvalue weighted by molar-refractivity contribution is 0.716. The third-order valence-electron chi connectivity index (χ3n) is 2.30. The van der Waals surface area contributed by atoms with Gasteiger partial charge in [-0.15, -0.1) is 0 Å². The van der Waals surface area contributed by atoms with Crippen molar-refractivity contribution < 1.29 is 0 Å². The van der Waals surface area contributed by atoms with Gasteiger partial charge >= 0.3 is 0 Å². The van der Waals surface area contributed by atoms with Crippen molar-refractivity contribution in [3.63, 3.8) is 0 Å². The fraction of sp³-hybridized carbons (Fsp3) is 1.00. The summed E-state index contributed by atoms with van der Waals surface area (Å²) in [4.78, 5) is 0. The van der Waals surface area contributed by atoms with E-state index in [0.29, 0.717) is 6.04 Å². The van der Waals surface area contributed by atoms with E-state index in [0.717, 1.165) is 10.5 Å². The Morgan fingerprint density at radius 2 is 1.90 bits per heavy atom. The lowest BCUT2D eigenvalue weighted by Gasteiger charge is -2.26. The van der Waals surface area contributed by atoms with Crippen molar-refractivity contribution in [3.8, 4) is 0 Å². The van der Waals surface area contributed by atoms with E-state index >= 15 is 0 Å². The highest BCUT2D eigenvalue weighted by Gasteiger charge is 2.36. The van der Waals surface area contributed by atoms with Crippen LogP contribution in [0.2, 0.25) is 0 Å². The molecule has 1 nitrogen and oxygen atoms in total. The summed E-state index contributed by atoms with van der Waals surface area (Å²) in [5.74, 6) is 2.66. The van der Waals surface area contributed by atoms with Gasteiger partial charge in [0, 0.05) is 28.0 Å². The normalized spacial score (nSPS) is 47.1. The molecule has 0 aromatic carbocycles. The van der Waals surface area contributed by atoms with Gasteiger partial charge in [-0.3, -0.25) is 0 Å². The van der Waals surface area contributed by atoms with Crippen molar-refractivity contribution in [3.05, 3.63) is 0 Å². The molecule has 0 spiro atoms. The first kappa shape index (κ1) is 7.32. The molecule has 58 valence electrons. The largest absolute Gasteiger partial charge is 0.327 e. The SMILES string of the molecule is NC1CCC2SCCSC12. The van der Waals surface area contributed by atoms with E-state index < -0.39 is 0 Å². The molecule has 10 heavy (non-hydrogen) atoms. The molecule has 0 bridgehead atoms. The molecular weight excluding hydrogens is 162 g/mol. The number of fused-ring (bicyclic) bond motifs is 1. The highest BCUT2D eigenvalue weighted by Crippen LogP contribution is 2.40. The van der Waals surface area contributed by atoms with E-state index in [9.17, 15) is 0 Å². The van der Waals surface area contributed by atoms with Gasteiger partial charge in [-0.1, -0.05) is 0 Å². The van der Waals surface area contributed by atoms with Crippen molar-refractivity contribution in [1.82, 2.24) is 0 Å². The zero-order chi connectivity index (χ0) is 6.97. The van der Waals surface area contributed by atoms with Gasteiger partial charge in [0.2, 0.25) is 0 Å². The second-order valence-corrected chi connectivity index (χ2v) is 5.62. The van der Waals surface area contributed by atoms with E-state index in [-0.39, 0.29) is 0 Å². The molecular formula is C7H13NS2. The fourth-order valence-corrected chi connectivity index (χ4v) is 5.00. The minimum absolute atomic E-state index is 0.503. The smallest absolute Gasteiger partial charge is 0.0318 e. The standard InChI is InChI=1S/C7H13NS2/c8-5-1-2-6-7(5)10-4-3-9-6/h5-7H,1-4,8H2. The summed E-state index contributed by atoms with van der Waals surface area (Å²) in [6.45, 7) is 0. The van der Waals surface area contributed by atoms with Crippen molar-refractivity contribution in [2.75, 3.05) is 11.5 Å². The predicted molar refractivity (Wildman–Crippen MR) is 49.7 cm³/mol. The van der Waals surface area contributed by atoms with Gasteiger partial charge in [-0.05, 0) is 12.8 Å². The second-order valence-electron chi connectivity index (χ2n) is 2.99. The molecule has 1 saturated carbocycles. The molecule has 0 aromatic heterocycles. The van der Waals surface area contributed by atoms with Crippen LogP contribution in [0, 0.1) is 0 Å². The van der Waals surface area contributed by atoms with Crippen LogP contribution in [0.15, 0.2) is 0 Å². The maximum atomic E-state index is 5.96. The molecule has 0 amide bonds. The van der Waals surface area contributed by atoms with Crippen LogP contribution in [0.25, 0.3) is 0 Å². The Bertz CT molecular complexity index is 127. The maximum Gasteiger partial charge on any atom is 0.0318 e. The lowest BCUT2D eigenvalue weighted by atomic mass is 10.3. The van der Waals surface area contributed by atoms with Crippen LogP contribution in [0.1, 0.15) is 12.8 Å². The molecule has 1 aliphatic heterocycles. The molecule has 3 unspecified atom stereocenters. The van der Waals surface area contributed by atoms with Crippen LogP contribution in [-0.4, -0.2) is 28.0 Å². The van der Waals surface area contributed by atoms with Crippen molar-refractivity contribution >= 4 is 23.5 Å². The molecule has 1 heterocycles. The van der Waals surface area contributed by atoms with Gasteiger partial charge in [0.15, 0.2) is 0 Å². The monoisotopic (exact) mass is 175 g/mol. The van der Waals surface area contributed by atoms with Crippen LogP contribution >= 0.6 is 23.5 Å². The minimum atomic E-state index is 0.503. The fourth-order valence-electron chi connectivity index (χ4n) is 1.75. The average molecular weight is 175 g/mol. The summed E-state index contributed by atoms with van der Waals surface area (Å²) in [6, 6.07) is 0.503. The van der Waals surface area contributed by atoms with E-state index in [1.54, 1.807) is 0 Å². The zero-order valence-electron chi connectivity index (χ0n) is 5.95. The summed E-state index contributed by atoms with van der Waals surface area (Å²) in [5.41, 5.74) is 5.96. The van der Waals surface area contributed by atoms with E-state index in [2.05, 4.69) is 23.5 Å². The van der Waals surface area contributed by atoms with Crippen molar-refractivity contribution in [2.45, 2.75) is 29.4 Å². The minimum Gasteiger partial charge on any atom is -0.327 e. The topological polar surface area (TPSA) is 26.0 Å². The third-order valence-corrected chi connectivity index (χ3v) is 5.63. The summed E-state index contributed by atoms with van der Waals surface area (Å²) >= 11 is 4.23. The number of rotatable bonds is 0. The summed E-state index contributed by atoms with van der Waals surface area (Å²) in [7, 11) is 0. The molecule has 2 fully saturated rings. The van der Waals surface area contributed by atoms with Crippen LogP contribution in [-0.2, 0) is 0 Å². The van der Waals surface area contributed by atoms with Crippen LogP contribution < -0.4 is 5.73 Å². The van der Waals surface area contributed by atoms with Crippen LogP contribution in [0.3, 0.4) is 0 Å². The van der Waals surface area contributed by atoms with E-state index in [1.807, 2.05) is 0 Å². The Balaban J connectivity index is 2.01. The predicted octanol–water partition coefficient (Wildman–Crippen LogP) is 1.32. The summed E-state index contributed by atoms with van der Waals surface area (Å²) in [6.07, 6.45) is 2.62. The molecule has 3 heteroatoms. The Morgan fingerprint density at radius 1 is 1.10 bits per heavy atom. The van der Waals surface area contributed by atoms with E-state index in [1.165, 1.54) is 24.3 Å². The molecule has 2 N–H and O–H groups in total. The number of hydrogen-bond donors (Lipinski definition) is 1. The third kappa shape index (κ3) is 1.19. The van der Waals surface area contributed by atoms with Gasteiger partial charge in [0.25, 0.3) is 0 Å². The number of thioether (sulfide) groups is 2. The molecule has 3 atom stereocenters. The Hall–Kier alpha value is 0.660. The summed E-state index contributed by atoms with van der Waals surface area (Å²) in [5, 5.41) is 1.69. The number of hydrogen-bond acceptors (Lipinski definition) is 3. The Morgan fingerprint density at radius 3 is 2.70 bits per heavy atom. The first-order chi connectivity index (χ1) is 4.88. The van der Waals surface area contributed by atoms with Crippen LogP contribution in [0.5, 0.6) is 0 Å². The maximum absolute atomic E-state index is 5.96. The molecule has 0 aromatic rings. The van der Waals surface area contributed by atoms with Gasteiger partial charge in [0.05, 0.1) is 0 Å². The van der Waals surface area contributed by atoms with E-state index in [4.69, 9.17) is 5.73 Å². The van der Waals surface area contributed by atoms with Crippen molar-refractivity contribution in [1.29, 1.82) is 0 Å². The molecule has 1 saturated heterocycles. The molecule has 2 aliphatic rings. The first-order valence-electron chi connectivity index (χ1n) is 3.87. The first-order valence-corrected chi connectivity index (χ1v) is 5.96. The van der Waals surface area contributed by atoms with Gasteiger partial charge in [-0.2, -0.15) is 23.5 Å². The molecule has 1 aliphatic carbocycles.